The van der Waals surface area contributed by atoms with E-state index in [0.717, 1.165) is 46.3 Å². The molecule has 13 N–H and O–H groups in total. The number of imidazole rings is 4. The fourth-order valence-corrected chi connectivity index (χ4v) is 22.6. The summed E-state index contributed by atoms with van der Waals surface area (Å²) in [7, 11) is -12.7. The molecule has 8 aliphatic carbocycles. The average Bonchev–Trinajstić information content (AvgIpc) is 1.19. The van der Waals surface area contributed by atoms with Crippen molar-refractivity contribution in [1.82, 2.24) is 78.1 Å². The van der Waals surface area contributed by atoms with Gasteiger partial charge in [0.25, 0.3) is 0 Å². The van der Waals surface area contributed by atoms with Crippen LogP contribution in [0.1, 0.15) is 112 Å². The molecule has 0 radical (unpaired) electrons. The Balaban J connectivity index is 0.000000137. The van der Waals surface area contributed by atoms with Crippen LogP contribution in [0.25, 0.3) is 44.7 Å². The summed E-state index contributed by atoms with van der Waals surface area (Å²) in [4.78, 5) is 88.1. The third-order valence-electron chi connectivity index (χ3n) is 25.7. The quantitative estimate of drug-likeness (QED) is 0.0180. The third kappa shape index (κ3) is 18.2. The Morgan fingerprint density at radius 3 is 1.02 bits per heavy atom. The van der Waals surface area contributed by atoms with E-state index in [4.69, 9.17) is 47.2 Å². The second-order valence-corrected chi connectivity index (χ2v) is 38.1. The molecule has 125 heavy (non-hydrogen) atoms. The van der Waals surface area contributed by atoms with Crippen LogP contribution in [0.15, 0.2) is 172 Å². The highest BCUT2D eigenvalue weighted by Crippen LogP contribution is 2.75. The first-order chi connectivity index (χ1) is 60.3. The number of nitrogen functional groups attached to an aromatic ring is 1. The summed E-state index contributed by atoms with van der Waals surface area (Å²) in [6.07, 6.45) is 14.7. The molecule has 8 heterocycles. The standard InChI is InChI=1S/C41H43N5O8P2.C13H19N5O8P2.C13H17N5O2.C12H15N5O2.C2H6/c1-42-39-38-40(44-29-43-39)46(30-45-38)36-22-37(54-56(48,51-26-33-18-10-4-11-19-33)52-27-34-20-12-5-13-21-34)41(23-35(36)41)28-53-55(47,49-24-31-14-6-2-7-15-31)50-25-32-16-8-3-9-17-32;1-14-11-10-12(16-5-15-11)18(6-17-10)8-2-9(26-28(22,23)24)13(3-7(8)13)4-25-27(19,20)21;1-14-11-10-12(16-5-15-11)18(6-17-10)8-2-9(20)13(4-19)3-7(8)13;13-10-9-11(15-4-14-10)17(5-16-9)7-1-8(19)12(3-18)2-6(7)12;1-2/h2-21,29-30,35-37H,22-28H2,1H3,(H,42,43,44);5-9H,2-4H2,1H3,(H,14,15,16)(H2,19,20,21)(H2,22,23,24);5-9,19-20H,2-4H2,1H3,(H,14,15,16);4-8,18-19H,1-3H2,(H2,13,14,15);1-2H3/t35-,36+,37+,41?;2*7-,8+,9+,13?;6-,7+,8+,12?;/m1111./s1. The number of fused-ring (bicyclic) bond motifs is 8. The summed E-state index contributed by atoms with van der Waals surface area (Å²) in [5.74, 6) is 2.59. The zero-order valence-electron chi connectivity index (χ0n) is 68.9. The van der Waals surface area contributed by atoms with Crippen LogP contribution < -0.4 is 21.7 Å². The maximum atomic E-state index is 14.8. The summed E-state index contributed by atoms with van der Waals surface area (Å²) < 4.78 is 106. The molecule has 0 spiro atoms. The van der Waals surface area contributed by atoms with Gasteiger partial charge in [-0.05, 0) is 97.3 Å². The van der Waals surface area contributed by atoms with Gasteiger partial charge in [-0.1, -0.05) is 135 Å². The molecule has 20 rings (SSSR count). The number of phosphoric ester groups is 4. The highest BCUT2D eigenvalue weighted by Gasteiger charge is 2.72. The lowest BCUT2D eigenvalue weighted by atomic mass is 10.0. The molecular formula is C81H100N20O20P4. The van der Waals surface area contributed by atoms with Crippen molar-refractivity contribution in [3.05, 3.63) is 194 Å². The summed E-state index contributed by atoms with van der Waals surface area (Å²) in [5, 5.41) is 48.3. The Hall–Kier alpha value is -9.44. The Morgan fingerprint density at radius 2 is 0.688 bits per heavy atom. The van der Waals surface area contributed by atoms with Crippen LogP contribution in [0, 0.1) is 45.3 Å². The highest BCUT2D eigenvalue weighted by atomic mass is 31.2. The fourth-order valence-electron chi connectivity index (χ4n) is 18.9. The number of rotatable bonds is 31. The van der Waals surface area contributed by atoms with E-state index >= 15 is 0 Å². The number of nitrogens with zero attached hydrogens (tertiary/aromatic N) is 16. The largest absolute Gasteiger partial charge is 0.475 e. The molecule has 664 valence electrons. The molecule has 0 aliphatic heterocycles. The second kappa shape index (κ2) is 36.4. The molecule has 44 heteroatoms. The van der Waals surface area contributed by atoms with Gasteiger partial charge in [-0.3, -0.25) is 36.2 Å². The van der Waals surface area contributed by atoms with E-state index in [2.05, 4.69) is 80.3 Å². The van der Waals surface area contributed by atoms with Crippen molar-refractivity contribution in [3.63, 3.8) is 0 Å². The van der Waals surface area contributed by atoms with Crippen LogP contribution in [-0.2, 0) is 80.9 Å². The van der Waals surface area contributed by atoms with Gasteiger partial charge in [0.1, 0.15) is 47.4 Å². The summed E-state index contributed by atoms with van der Waals surface area (Å²) in [6, 6.07) is 37.5. The first-order valence-electron chi connectivity index (χ1n) is 41.1. The summed E-state index contributed by atoms with van der Waals surface area (Å²) in [6.45, 7) is 3.68. The molecule has 4 aromatic carbocycles. The molecule has 0 amide bonds. The van der Waals surface area contributed by atoms with Crippen molar-refractivity contribution in [2.24, 2.45) is 45.3 Å². The minimum atomic E-state index is -4.81. The molecule has 0 bridgehead atoms. The molecule has 12 aromatic rings. The van der Waals surface area contributed by atoms with Gasteiger partial charge in [0.05, 0.1) is 103 Å². The van der Waals surface area contributed by atoms with E-state index in [1.807, 2.05) is 149 Å². The van der Waals surface area contributed by atoms with E-state index in [1.165, 1.54) is 25.3 Å². The maximum Gasteiger partial charge on any atom is 0.475 e. The maximum absolute atomic E-state index is 14.8. The fraction of sp³-hybridized carbons (Fsp3) is 0.457. The minimum absolute atomic E-state index is 0.00170. The highest BCUT2D eigenvalue weighted by molar-refractivity contribution is 7.48. The van der Waals surface area contributed by atoms with Crippen molar-refractivity contribution in [3.8, 4) is 0 Å². The Bertz CT molecular complexity index is 5880. The van der Waals surface area contributed by atoms with Crippen LogP contribution in [0.3, 0.4) is 0 Å². The first-order valence-corrected chi connectivity index (χ1v) is 47.0. The molecule has 8 aromatic heterocycles. The van der Waals surface area contributed by atoms with E-state index in [9.17, 15) is 48.5 Å². The molecular weight excluding hydrogens is 1700 g/mol. The van der Waals surface area contributed by atoms with Gasteiger partial charge >= 0.3 is 31.3 Å². The molecule has 16 atom stereocenters. The molecule has 8 aliphatic rings. The monoisotopic (exact) mass is 1800 g/mol. The number of aliphatic hydroxyl groups excluding tert-OH is 4. The SMILES string of the molecule is CC.CNc1ncnc2c1ncn2[C@H]1C[C@H](O)C2(CO)C[C@H]12.CNc1ncnc2c1ncn2[C@H]1C[C@H](OP(=O)(O)O)C2(COP(=O)(O)O)C[C@H]12.CNc1ncnc2c1ncn2[C@H]1C[C@H](OP(=O)(OCc2ccccc2)OCc2ccccc2)C2(COP(=O)(OCc3ccccc3)OCc3ccccc3)C[C@H]12.Nc1ncnc2c1ncn2[C@H]1C[C@H](O)C2(CO)C[C@H]12. The smallest absolute Gasteiger partial charge is 0.396 e. The van der Waals surface area contributed by atoms with Gasteiger partial charge in [-0.2, -0.15) is 0 Å². The number of nitrogens with two attached hydrogens (primary N) is 1. The van der Waals surface area contributed by atoms with Crippen molar-refractivity contribution in [2.75, 3.05) is 69.3 Å². The predicted molar refractivity (Wildman–Crippen MR) is 455 cm³/mol. The van der Waals surface area contributed by atoms with E-state index in [-0.39, 0.29) is 106 Å². The van der Waals surface area contributed by atoms with Crippen LogP contribution in [0.2, 0.25) is 0 Å². The van der Waals surface area contributed by atoms with Gasteiger partial charge in [0.2, 0.25) is 0 Å². The molecule has 0 saturated heterocycles. The lowest BCUT2D eigenvalue weighted by Crippen LogP contribution is -2.27. The van der Waals surface area contributed by atoms with Crippen molar-refractivity contribution < 1.29 is 94.4 Å². The number of benzene rings is 4. The van der Waals surface area contributed by atoms with E-state index in [1.54, 1.807) is 51.0 Å². The lowest BCUT2D eigenvalue weighted by molar-refractivity contribution is 0.0163. The van der Waals surface area contributed by atoms with Crippen LogP contribution in [0.4, 0.5) is 23.3 Å². The first kappa shape index (κ1) is 89.0. The Kier molecular flexibility index (Phi) is 25.9. The zero-order valence-corrected chi connectivity index (χ0v) is 72.5. The lowest BCUT2D eigenvalue weighted by Gasteiger charge is -2.29. The number of aromatic nitrogens is 16. The second-order valence-electron chi connectivity index (χ2n) is 32.4. The van der Waals surface area contributed by atoms with Crippen LogP contribution in [-0.4, -0.2) is 190 Å². The van der Waals surface area contributed by atoms with Gasteiger partial charge in [-0.15, -0.1) is 0 Å². The van der Waals surface area contributed by atoms with E-state index < -0.39 is 66.5 Å². The number of aliphatic hydroxyl groups is 4. The van der Waals surface area contributed by atoms with E-state index in [0.29, 0.717) is 101 Å². The number of anilines is 4. The van der Waals surface area contributed by atoms with Crippen LogP contribution >= 0.6 is 31.3 Å². The molecule has 4 unspecified atom stereocenters. The van der Waals surface area contributed by atoms with Gasteiger partial charge in [0.15, 0.2) is 45.9 Å². The average molecular weight is 1800 g/mol. The number of hydrogen-bond acceptors (Lipinski definition) is 32. The van der Waals surface area contributed by atoms with Crippen molar-refractivity contribution in [1.29, 1.82) is 0 Å². The molecule has 40 nitrogen and oxygen atoms in total. The minimum Gasteiger partial charge on any atom is -0.396 e. The number of nitrogens with one attached hydrogen (secondary N) is 3. The van der Waals surface area contributed by atoms with Crippen LogP contribution in [0.5, 0.6) is 0 Å². The summed E-state index contributed by atoms with van der Waals surface area (Å²) >= 11 is 0. The third-order valence-corrected chi connectivity index (χ3v) is 29.4. The number of phosphoric acid groups is 4. The Morgan fingerprint density at radius 1 is 0.384 bits per heavy atom. The topological polar surface area (TPSA) is 540 Å². The molecule has 8 fully saturated rings. The molecule has 8 saturated carbocycles. The van der Waals surface area contributed by atoms with Crippen molar-refractivity contribution in [2.45, 2.75) is 140 Å². The normalized spacial score (nSPS) is 27.1. The Labute approximate surface area is 717 Å². The van der Waals surface area contributed by atoms with Gasteiger partial charge in [-0.25, -0.2) is 78.1 Å². The summed E-state index contributed by atoms with van der Waals surface area (Å²) in [5.41, 5.74) is 11.9. The van der Waals surface area contributed by atoms with Gasteiger partial charge < -0.3 is 80.0 Å². The predicted octanol–water partition coefficient (Wildman–Crippen LogP) is 10.6. The van der Waals surface area contributed by atoms with Crippen molar-refractivity contribution >= 4 is 99.2 Å². The zero-order chi connectivity index (χ0) is 87.9. The number of hydrogen-bond donors (Lipinski definition) is 12. The van der Waals surface area contributed by atoms with Gasteiger partial charge in [0, 0.05) is 67.0 Å².